The van der Waals surface area contributed by atoms with Gasteiger partial charge in [-0.25, -0.2) is 4.79 Å². The number of nitrogens with one attached hydrogen (secondary N) is 1. The van der Waals surface area contributed by atoms with Crippen molar-refractivity contribution in [2.75, 3.05) is 26.2 Å². The Labute approximate surface area is 205 Å². The van der Waals surface area contributed by atoms with Gasteiger partial charge >= 0.3 is 12.1 Å². The maximum atomic E-state index is 12.5. The predicted octanol–water partition coefficient (Wildman–Crippen LogP) is 3.88. The van der Waals surface area contributed by atoms with E-state index < -0.39 is 17.5 Å². The molecule has 7 nitrogen and oxygen atoms in total. The van der Waals surface area contributed by atoms with Crippen molar-refractivity contribution < 1.29 is 24.2 Å². The van der Waals surface area contributed by atoms with Crippen LogP contribution in [0.1, 0.15) is 43.7 Å². The SMILES string of the molecule is CC(C)(C(=O)O)C1CCCN(C(=O)C#CCNC(=O)OCC2c3ccccc3-c3ccccc32)C1. The third-order valence-electron chi connectivity index (χ3n) is 7.14. The lowest BCUT2D eigenvalue weighted by molar-refractivity contribution is -0.152. The molecule has 7 heteroatoms. The molecule has 1 unspecified atom stereocenters. The summed E-state index contributed by atoms with van der Waals surface area (Å²) in [6.07, 6.45) is 0.918. The third-order valence-corrected chi connectivity index (χ3v) is 7.14. The van der Waals surface area contributed by atoms with Crippen LogP contribution in [0.2, 0.25) is 0 Å². The normalized spacial score (nSPS) is 17.0. The molecule has 0 saturated carbocycles. The van der Waals surface area contributed by atoms with E-state index in [2.05, 4.69) is 41.4 Å². The molecule has 2 aromatic carbocycles. The van der Waals surface area contributed by atoms with Gasteiger partial charge in [0.2, 0.25) is 0 Å². The number of amides is 2. The minimum absolute atomic E-state index is 0.0136. The summed E-state index contributed by atoms with van der Waals surface area (Å²) in [5.74, 6) is 3.86. The van der Waals surface area contributed by atoms with Gasteiger partial charge in [0, 0.05) is 19.0 Å². The molecule has 1 heterocycles. The van der Waals surface area contributed by atoms with Gasteiger partial charge in [-0.1, -0.05) is 54.5 Å². The Bertz CT molecular complexity index is 1150. The van der Waals surface area contributed by atoms with Crippen molar-refractivity contribution in [3.63, 3.8) is 0 Å². The van der Waals surface area contributed by atoms with E-state index in [1.165, 1.54) is 0 Å². The maximum absolute atomic E-state index is 12.5. The largest absolute Gasteiger partial charge is 0.481 e. The number of carbonyl (C=O) groups is 3. The molecule has 2 N–H and O–H groups in total. The average Bonchev–Trinajstić information content (AvgIpc) is 3.19. The Morgan fingerprint density at radius 3 is 2.34 bits per heavy atom. The number of carboxylic acid groups (broad SMARTS) is 1. The first-order valence-corrected chi connectivity index (χ1v) is 11.9. The lowest BCUT2D eigenvalue weighted by Gasteiger charge is -2.38. The number of aliphatic carboxylic acids is 1. The number of carboxylic acids is 1. The zero-order valence-electron chi connectivity index (χ0n) is 20.0. The highest BCUT2D eigenvalue weighted by Crippen LogP contribution is 2.44. The van der Waals surface area contributed by atoms with Crippen LogP contribution in [0.15, 0.2) is 48.5 Å². The molecule has 0 bridgehead atoms. The van der Waals surface area contributed by atoms with Crippen LogP contribution in [0.25, 0.3) is 11.1 Å². The van der Waals surface area contributed by atoms with E-state index in [9.17, 15) is 19.5 Å². The Morgan fingerprint density at radius 1 is 1.09 bits per heavy atom. The number of alkyl carbamates (subject to hydrolysis) is 1. The number of ether oxygens (including phenoxy) is 1. The molecule has 1 fully saturated rings. The van der Waals surface area contributed by atoms with Crippen LogP contribution >= 0.6 is 0 Å². The molecule has 1 aliphatic carbocycles. The smallest absolute Gasteiger partial charge is 0.407 e. The van der Waals surface area contributed by atoms with Crippen molar-refractivity contribution in [3.05, 3.63) is 59.7 Å². The van der Waals surface area contributed by atoms with Gasteiger partial charge in [0.25, 0.3) is 5.91 Å². The average molecular weight is 475 g/mol. The molecule has 1 saturated heterocycles. The van der Waals surface area contributed by atoms with E-state index in [1.807, 2.05) is 24.3 Å². The van der Waals surface area contributed by atoms with E-state index in [0.717, 1.165) is 35.1 Å². The lowest BCUT2D eigenvalue weighted by atomic mass is 9.74. The zero-order valence-corrected chi connectivity index (χ0v) is 20.0. The highest BCUT2D eigenvalue weighted by atomic mass is 16.5. The van der Waals surface area contributed by atoms with Gasteiger partial charge < -0.3 is 20.1 Å². The Morgan fingerprint density at radius 2 is 1.71 bits per heavy atom. The predicted molar refractivity (Wildman–Crippen MR) is 132 cm³/mol. The summed E-state index contributed by atoms with van der Waals surface area (Å²) >= 11 is 0. The van der Waals surface area contributed by atoms with Crippen molar-refractivity contribution in [1.82, 2.24) is 10.2 Å². The van der Waals surface area contributed by atoms with Gasteiger partial charge in [-0.15, -0.1) is 0 Å². The van der Waals surface area contributed by atoms with Gasteiger partial charge in [-0.3, -0.25) is 9.59 Å². The second-order valence-corrected chi connectivity index (χ2v) is 9.60. The highest BCUT2D eigenvalue weighted by Gasteiger charge is 2.39. The van der Waals surface area contributed by atoms with E-state index in [0.29, 0.717) is 13.1 Å². The van der Waals surface area contributed by atoms with Crippen molar-refractivity contribution in [1.29, 1.82) is 0 Å². The number of likely N-dealkylation sites (tertiary alicyclic amines) is 1. The number of benzene rings is 2. The molecule has 182 valence electrons. The fourth-order valence-corrected chi connectivity index (χ4v) is 4.89. The molecule has 0 spiro atoms. The molecule has 0 radical (unpaired) electrons. The topological polar surface area (TPSA) is 95.9 Å². The first kappa shape index (κ1) is 24.3. The number of fused-ring (bicyclic) bond motifs is 3. The maximum Gasteiger partial charge on any atom is 0.407 e. The van der Waals surface area contributed by atoms with Crippen LogP contribution < -0.4 is 5.32 Å². The fourth-order valence-electron chi connectivity index (χ4n) is 4.89. The fraction of sp³-hybridized carbons (Fsp3) is 0.393. The molecular formula is C28H30N2O5. The summed E-state index contributed by atoms with van der Waals surface area (Å²) in [6.45, 7) is 4.50. The number of carbonyl (C=O) groups excluding carboxylic acids is 2. The van der Waals surface area contributed by atoms with Crippen LogP contribution in [0, 0.1) is 23.2 Å². The zero-order chi connectivity index (χ0) is 25.0. The van der Waals surface area contributed by atoms with Crippen LogP contribution in [0.5, 0.6) is 0 Å². The Hall–Kier alpha value is -3.79. The Kier molecular flexibility index (Phi) is 7.11. The number of rotatable bonds is 5. The van der Waals surface area contributed by atoms with E-state index in [4.69, 9.17) is 4.74 Å². The van der Waals surface area contributed by atoms with Crippen molar-refractivity contribution in [2.45, 2.75) is 32.6 Å². The quantitative estimate of drug-likeness (QED) is 0.642. The number of hydrogen-bond acceptors (Lipinski definition) is 4. The monoisotopic (exact) mass is 474 g/mol. The van der Waals surface area contributed by atoms with Crippen LogP contribution in [-0.2, 0) is 14.3 Å². The minimum Gasteiger partial charge on any atom is -0.481 e. The molecule has 1 aliphatic heterocycles. The van der Waals surface area contributed by atoms with Crippen molar-refractivity contribution in [3.8, 4) is 23.0 Å². The summed E-state index contributed by atoms with van der Waals surface area (Å²) in [6, 6.07) is 16.2. The molecule has 1 atom stereocenters. The standard InChI is InChI=1S/C28H30N2O5/c1-28(2,26(32)33)19-9-8-16-30(17-19)25(31)14-7-15-29-27(34)35-18-24-22-12-5-3-10-20(22)21-11-4-6-13-23(21)24/h3-6,10-13,19,24H,8-9,15-18H2,1-2H3,(H,29,34)(H,32,33). The van der Waals surface area contributed by atoms with Gasteiger partial charge in [0.1, 0.15) is 6.61 Å². The van der Waals surface area contributed by atoms with E-state index in [-0.39, 0.29) is 30.9 Å². The van der Waals surface area contributed by atoms with Crippen molar-refractivity contribution in [2.24, 2.45) is 11.3 Å². The second-order valence-electron chi connectivity index (χ2n) is 9.60. The van der Waals surface area contributed by atoms with Gasteiger partial charge in [-0.05, 0) is 60.8 Å². The van der Waals surface area contributed by atoms with Crippen molar-refractivity contribution >= 4 is 18.0 Å². The summed E-state index contributed by atoms with van der Waals surface area (Å²) in [5.41, 5.74) is 3.69. The first-order chi connectivity index (χ1) is 16.8. The highest BCUT2D eigenvalue weighted by molar-refractivity contribution is 5.93. The van der Waals surface area contributed by atoms with Gasteiger partial charge in [0.15, 0.2) is 0 Å². The van der Waals surface area contributed by atoms with E-state index >= 15 is 0 Å². The third kappa shape index (κ3) is 5.17. The molecule has 2 aromatic rings. The summed E-state index contributed by atoms with van der Waals surface area (Å²) in [7, 11) is 0. The molecule has 0 aromatic heterocycles. The van der Waals surface area contributed by atoms with Gasteiger partial charge in [0.05, 0.1) is 12.0 Å². The molecule has 2 amide bonds. The summed E-state index contributed by atoms with van der Waals surface area (Å²) < 4.78 is 5.47. The van der Waals surface area contributed by atoms with Crippen LogP contribution in [-0.4, -0.2) is 54.2 Å². The molecule has 35 heavy (non-hydrogen) atoms. The molecule has 4 rings (SSSR count). The molecular weight excluding hydrogens is 444 g/mol. The van der Waals surface area contributed by atoms with Gasteiger partial charge in [-0.2, -0.15) is 0 Å². The van der Waals surface area contributed by atoms with Crippen LogP contribution in [0.4, 0.5) is 4.79 Å². The van der Waals surface area contributed by atoms with E-state index in [1.54, 1.807) is 18.7 Å². The summed E-state index contributed by atoms with van der Waals surface area (Å²) in [5, 5.41) is 12.0. The minimum atomic E-state index is -0.905. The van der Waals surface area contributed by atoms with Crippen LogP contribution in [0.3, 0.4) is 0 Å². The number of piperidine rings is 1. The number of nitrogens with zero attached hydrogens (tertiary/aromatic N) is 1. The molecule has 2 aliphatic rings. The lowest BCUT2D eigenvalue weighted by Crippen LogP contribution is -2.46. The second kappa shape index (κ2) is 10.2. The summed E-state index contributed by atoms with van der Waals surface area (Å²) in [4.78, 5) is 37.9. The first-order valence-electron chi connectivity index (χ1n) is 11.9. The number of hydrogen-bond donors (Lipinski definition) is 2. The Balaban J connectivity index is 1.27.